The first-order valence-electron chi connectivity index (χ1n) is 8.92. The Morgan fingerprint density at radius 2 is 1.75 bits per heavy atom. The zero-order chi connectivity index (χ0) is 17.5. The van der Waals surface area contributed by atoms with E-state index in [0.29, 0.717) is 13.1 Å². The van der Waals surface area contributed by atoms with Crippen LogP contribution in [0.1, 0.15) is 36.8 Å². The molecule has 0 spiro atoms. The summed E-state index contributed by atoms with van der Waals surface area (Å²) in [6, 6.07) is 5.89. The summed E-state index contributed by atoms with van der Waals surface area (Å²) >= 11 is 0. The van der Waals surface area contributed by atoms with Gasteiger partial charge in [0.1, 0.15) is 0 Å². The van der Waals surface area contributed by atoms with E-state index in [4.69, 9.17) is 0 Å². The maximum absolute atomic E-state index is 12.4. The van der Waals surface area contributed by atoms with Gasteiger partial charge in [0.2, 0.25) is 0 Å². The number of carbonyl (C=O) groups excluding carboxylic acids is 2. The van der Waals surface area contributed by atoms with Crippen molar-refractivity contribution in [1.82, 2.24) is 4.90 Å². The van der Waals surface area contributed by atoms with E-state index in [1.54, 1.807) is 0 Å². The minimum Gasteiger partial charge on any atom is -0.338 e. The van der Waals surface area contributed by atoms with Gasteiger partial charge >= 0.3 is 0 Å². The summed E-state index contributed by atoms with van der Waals surface area (Å²) < 4.78 is 0. The molecule has 1 aromatic carbocycles. The molecule has 1 aliphatic heterocycles. The van der Waals surface area contributed by atoms with Crippen molar-refractivity contribution in [2.45, 2.75) is 39.5 Å². The number of rotatable bonds is 5. The van der Waals surface area contributed by atoms with E-state index < -0.39 is 0 Å². The molecular formula is C19H30N3O2+. The van der Waals surface area contributed by atoms with Crippen molar-refractivity contribution in [2.75, 3.05) is 38.5 Å². The molecule has 0 aliphatic carbocycles. The number of hydrogen-bond acceptors (Lipinski definition) is 2. The minimum absolute atomic E-state index is 0.0510. The van der Waals surface area contributed by atoms with Gasteiger partial charge in [0, 0.05) is 18.8 Å². The Labute approximate surface area is 145 Å². The number of anilines is 1. The summed E-state index contributed by atoms with van der Waals surface area (Å²) in [5.74, 6) is 0.110. The van der Waals surface area contributed by atoms with Crippen LogP contribution in [0.15, 0.2) is 18.2 Å². The Bertz CT molecular complexity index is 578. The van der Waals surface area contributed by atoms with Gasteiger partial charge in [0.05, 0.1) is 7.05 Å². The lowest BCUT2D eigenvalue weighted by atomic mass is 10.1. The van der Waals surface area contributed by atoms with Gasteiger partial charge in [-0.05, 0) is 43.9 Å². The number of nitrogens with zero attached hydrogens (tertiary/aromatic N) is 1. The molecule has 1 aliphatic rings. The molecule has 1 fully saturated rings. The summed E-state index contributed by atoms with van der Waals surface area (Å²) in [4.78, 5) is 27.5. The summed E-state index contributed by atoms with van der Waals surface area (Å²) in [5, 5.41) is 2.96. The minimum atomic E-state index is -0.0510. The van der Waals surface area contributed by atoms with E-state index in [2.05, 4.69) is 5.32 Å². The van der Waals surface area contributed by atoms with Crippen LogP contribution in [-0.2, 0) is 9.59 Å². The Morgan fingerprint density at radius 3 is 2.42 bits per heavy atom. The number of quaternary nitrogens is 1. The number of aryl methyl sites for hydroxylation is 1. The maximum atomic E-state index is 12.4. The first-order chi connectivity index (χ1) is 11.5. The van der Waals surface area contributed by atoms with Crippen LogP contribution < -0.4 is 10.2 Å². The van der Waals surface area contributed by atoms with Gasteiger partial charge in [-0.3, -0.25) is 9.59 Å². The number of benzene rings is 1. The SMILES string of the molecule is Cc1cccc(NC(=O)C[NH+](C)CC(=O)N2CCCCCC2)c1C. The van der Waals surface area contributed by atoms with Crippen LogP contribution >= 0.6 is 0 Å². The normalized spacial score (nSPS) is 16.4. The summed E-state index contributed by atoms with van der Waals surface area (Å²) in [6.45, 7) is 6.43. The molecule has 0 bridgehead atoms. The van der Waals surface area contributed by atoms with Crippen molar-refractivity contribution < 1.29 is 14.5 Å². The highest BCUT2D eigenvalue weighted by atomic mass is 16.2. The van der Waals surface area contributed by atoms with Crippen LogP contribution in [0, 0.1) is 13.8 Å². The quantitative estimate of drug-likeness (QED) is 0.850. The van der Waals surface area contributed by atoms with E-state index >= 15 is 0 Å². The van der Waals surface area contributed by atoms with Crippen LogP contribution in [-0.4, -0.2) is 49.9 Å². The van der Waals surface area contributed by atoms with Gasteiger partial charge in [0.25, 0.3) is 11.8 Å². The van der Waals surface area contributed by atoms with Crippen molar-refractivity contribution >= 4 is 17.5 Å². The second-order valence-corrected chi connectivity index (χ2v) is 6.90. The van der Waals surface area contributed by atoms with Crippen molar-refractivity contribution in [1.29, 1.82) is 0 Å². The van der Waals surface area contributed by atoms with Gasteiger partial charge in [-0.1, -0.05) is 25.0 Å². The molecule has 1 aromatic rings. The molecule has 1 saturated heterocycles. The monoisotopic (exact) mass is 332 g/mol. The highest BCUT2D eigenvalue weighted by molar-refractivity contribution is 5.92. The van der Waals surface area contributed by atoms with Crippen molar-refractivity contribution in [3.8, 4) is 0 Å². The fraction of sp³-hybridized carbons (Fsp3) is 0.579. The molecule has 132 valence electrons. The molecule has 2 rings (SSSR count). The van der Waals surface area contributed by atoms with E-state index in [1.807, 2.05) is 44.0 Å². The fourth-order valence-electron chi connectivity index (χ4n) is 3.11. The molecule has 1 atom stereocenters. The van der Waals surface area contributed by atoms with Crippen molar-refractivity contribution in [3.05, 3.63) is 29.3 Å². The van der Waals surface area contributed by atoms with Gasteiger partial charge in [-0.2, -0.15) is 0 Å². The van der Waals surface area contributed by atoms with E-state index in [-0.39, 0.29) is 11.8 Å². The highest BCUT2D eigenvalue weighted by Gasteiger charge is 2.20. The van der Waals surface area contributed by atoms with Gasteiger partial charge in [-0.15, -0.1) is 0 Å². The van der Waals surface area contributed by atoms with Crippen LogP contribution in [0.4, 0.5) is 5.69 Å². The molecule has 24 heavy (non-hydrogen) atoms. The lowest BCUT2D eigenvalue weighted by Crippen LogP contribution is -3.11. The van der Waals surface area contributed by atoms with Gasteiger partial charge in [-0.25, -0.2) is 0 Å². The topological polar surface area (TPSA) is 53.9 Å². The predicted octanol–water partition coefficient (Wildman–Crippen LogP) is 1.16. The third-order valence-electron chi connectivity index (χ3n) is 4.75. The summed E-state index contributed by atoms with van der Waals surface area (Å²) in [6.07, 6.45) is 4.62. The van der Waals surface area contributed by atoms with E-state index in [0.717, 1.165) is 47.6 Å². The largest absolute Gasteiger partial charge is 0.338 e. The smallest absolute Gasteiger partial charge is 0.279 e. The fourth-order valence-corrected chi connectivity index (χ4v) is 3.11. The van der Waals surface area contributed by atoms with Crippen LogP contribution in [0.5, 0.6) is 0 Å². The van der Waals surface area contributed by atoms with E-state index in [9.17, 15) is 9.59 Å². The molecule has 2 amide bonds. The summed E-state index contributed by atoms with van der Waals surface area (Å²) in [5.41, 5.74) is 3.10. The molecule has 5 heteroatoms. The Balaban J connectivity index is 1.82. The van der Waals surface area contributed by atoms with Crippen LogP contribution in [0.3, 0.4) is 0 Å². The van der Waals surface area contributed by atoms with Crippen molar-refractivity contribution in [3.63, 3.8) is 0 Å². The number of amides is 2. The average Bonchev–Trinajstić information content (AvgIpc) is 2.81. The first kappa shape index (κ1) is 18.5. The van der Waals surface area contributed by atoms with Gasteiger partial charge in [0.15, 0.2) is 13.1 Å². The lowest BCUT2D eigenvalue weighted by Gasteiger charge is -2.22. The number of nitrogens with one attached hydrogen (secondary N) is 2. The maximum Gasteiger partial charge on any atom is 0.279 e. The Kier molecular flexibility index (Phi) is 6.79. The third-order valence-corrected chi connectivity index (χ3v) is 4.75. The molecular weight excluding hydrogens is 302 g/mol. The number of carbonyl (C=O) groups is 2. The average molecular weight is 332 g/mol. The second-order valence-electron chi connectivity index (χ2n) is 6.90. The van der Waals surface area contributed by atoms with Crippen LogP contribution in [0.2, 0.25) is 0 Å². The number of likely N-dealkylation sites (tertiary alicyclic amines) is 1. The Morgan fingerprint density at radius 1 is 1.08 bits per heavy atom. The van der Waals surface area contributed by atoms with E-state index in [1.165, 1.54) is 12.8 Å². The molecule has 2 N–H and O–H groups in total. The molecule has 1 heterocycles. The van der Waals surface area contributed by atoms with Gasteiger partial charge < -0.3 is 15.1 Å². The van der Waals surface area contributed by atoms with Crippen LogP contribution in [0.25, 0.3) is 0 Å². The Hall–Kier alpha value is -1.88. The molecule has 0 saturated carbocycles. The number of likely N-dealkylation sites (N-methyl/N-ethyl adjacent to an activating group) is 1. The first-order valence-corrected chi connectivity index (χ1v) is 8.92. The van der Waals surface area contributed by atoms with Crippen molar-refractivity contribution in [2.24, 2.45) is 0 Å². The number of hydrogen-bond donors (Lipinski definition) is 2. The summed E-state index contributed by atoms with van der Waals surface area (Å²) in [7, 11) is 1.90. The molecule has 1 unspecified atom stereocenters. The standard InChI is InChI=1S/C19H29N3O2/c1-15-9-8-10-17(16(15)2)20-18(23)13-21(3)14-19(24)22-11-6-4-5-7-12-22/h8-10H,4-7,11-14H2,1-3H3,(H,20,23)/p+1. The molecule has 5 nitrogen and oxygen atoms in total. The molecule has 0 radical (unpaired) electrons. The third kappa shape index (κ3) is 5.34. The zero-order valence-electron chi connectivity index (χ0n) is 15.2. The second kappa shape index (κ2) is 8.83. The molecule has 0 aromatic heterocycles. The predicted molar refractivity (Wildman–Crippen MR) is 96.2 cm³/mol. The zero-order valence-corrected chi connectivity index (χ0v) is 15.2. The highest BCUT2D eigenvalue weighted by Crippen LogP contribution is 2.17. The lowest BCUT2D eigenvalue weighted by molar-refractivity contribution is -0.862.